The summed E-state index contributed by atoms with van der Waals surface area (Å²) in [7, 11) is 2.18. The van der Waals surface area contributed by atoms with Crippen LogP contribution in [0.5, 0.6) is 0 Å². The molecular formula is C15H16BrNO7. The van der Waals surface area contributed by atoms with Gasteiger partial charge in [0.2, 0.25) is 5.71 Å². The standard InChI is InChI=1S/C15H16BrNO7/c1-9(24-21)17(20)13(10-4-6-11(16)7-5-10)8-12(14(18)22-2)15(19)23-3/h4-9,21H,1-3H3/b17-13+. The van der Waals surface area contributed by atoms with Crippen LogP contribution in [0.3, 0.4) is 0 Å². The van der Waals surface area contributed by atoms with E-state index in [0.717, 1.165) is 24.8 Å². The minimum atomic E-state index is -1.28. The fourth-order valence-electron chi connectivity index (χ4n) is 1.69. The molecule has 0 fully saturated rings. The summed E-state index contributed by atoms with van der Waals surface area (Å²) in [4.78, 5) is 27.6. The molecule has 0 aliphatic rings. The molecule has 1 aromatic carbocycles. The monoisotopic (exact) mass is 401 g/mol. The van der Waals surface area contributed by atoms with Crippen molar-refractivity contribution in [2.24, 2.45) is 0 Å². The zero-order chi connectivity index (χ0) is 18.3. The molecule has 0 radical (unpaired) electrons. The van der Waals surface area contributed by atoms with E-state index in [-0.39, 0.29) is 5.71 Å². The minimum absolute atomic E-state index is 0.102. The van der Waals surface area contributed by atoms with Crippen molar-refractivity contribution in [1.82, 2.24) is 0 Å². The lowest BCUT2D eigenvalue weighted by molar-refractivity contribution is -0.595. The quantitative estimate of drug-likeness (QED) is 0.0739. The molecule has 0 saturated heterocycles. The van der Waals surface area contributed by atoms with Crippen molar-refractivity contribution < 1.29 is 33.9 Å². The molecule has 24 heavy (non-hydrogen) atoms. The highest BCUT2D eigenvalue weighted by molar-refractivity contribution is 9.10. The number of ether oxygens (including phenoxy) is 2. The van der Waals surface area contributed by atoms with Gasteiger partial charge in [0.15, 0.2) is 5.57 Å². The highest BCUT2D eigenvalue weighted by Crippen LogP contribution is 2.14. The highest BCUT2D eigenvalue weighted by Gasteiger charge is 2.25. The maximum absolute atomic E-state index is 12.4. The van der Waals surface area contributed by atoms with Gasteiger partial charge in [0.25, 0.3) is 6.23 Å². The van der Waals surface area contributed by atoms with Gasteiger partial charge in [-0.25, -0.2) is 14.8 Å². The van der Waals surface area contributed by atoms with Crippen LogP contribution < -0.4 is 0 Å². The van der Waals surface area contributed by atoms with Crippen LogP contribution in [-0.4, -0.2) is 48.1 Å². The maximum atomic E-state index is 12.4. The molecule has 0 heterocycles. The number of carbonyl (C=O) groups is 2. The van der Waals surface area contributed by atoms with E-state index in [0.29, 0.717) is 10.3 Å². The molecule has 1 unspecified atom stereocenters. The molecule has 1 aromatic rings. The molecule has 9 heteroatoms. The van der Waals surface area contributed by atoms with Crippen LogP contribution in [0.2, 0.25) is 0 Å². The Hall–Kier alpha value is -2.23. The summed E-state index contributed by atoms with van der Waals surface area (Å²) >= 11 is 3.26. The Morgan fingerprint density at radius 1 is 1.21 bits per heavy atom. The number of carbonyl (C=O) groups excluding carboxylic acids is 2. The maximum Gasteiger partial charge on any atom is 0.345 e. The van der Waals surface area contributed by atoms with Crippen molar-refractivity contribution in [1.29, 1.82) is 0 Å². The summed E-state index contributed by atoms with van der Waals surface area (Å²) in [6, 6.07) is 6.49. The van der Waals surface area contributed by atoms with E-state index in [1.54, 1.807) is 24.3 Å². The van der Waals surface area contributed by atoms with Gasteiger partial charge in [-0.2, -0.15) is 9.63 Å². The second-order valence-corrected chi connectivity index (χ2v) is 5.38. The van der Waals surface area contributed by atoms with Crippen LogP contribution >= 0.6 is 15.9 Å². The van der Waals surface area contributed by atoms with Crippen molar-refractivity contribution in [3.63, 3.8) is 0 Å². The lowest BCUT2D eigenvalue weighted by Gasteiger charge is -2.13. The van der Waals surface area contributed by atoms with Gasteiger partial charge in [-0.05, 0) is 24.3 Å². The Balaban J connectivity index is 3.57. The molecule has 0 bridgehead atoms. The first-order chi connectivity index (χ1) is 11.3. The van der Waals surface area contributed by atoms with Gasteiger partial charge in [0, 0.05) is 23.0 Å². The number of halogens is 1. The van der Waals surface area contributed by atoms with E-state index >= 15 is 0 Å². The summed E-state index contributed by atoms with van der Waals surface area (Å²) in [5.74, 6) is -1.94. The molecule has 8 nitrogen and oxygen atoms in total. The molecule has 0 saturated carbocycles. The Labute approximate surface area is 146 Å². The molecule has 1 atom stereocenters. The zero-order valence-corrected chi connectivity index (χ0v) is 14.8. The molecular weight excluding hydrogens is 386 g/mol. The van der Waals surface area contributed by atoms with Crippen LogP contribution in [0.1, 0.15) is 12.5 Å². The first kappa shape index (κ1) is 19.8. The first-order valence-corrected chi connectivity index (χ1v) is 7.42. The van der Waals surface area contributed by atoms with Gasteiger partial charge >= 0.3 is 11.9 Å². The minimum Gasteiger partial charge on any atom is -0.621 e. The second kappa shape index (κ2) is 9.16. The van der Waals surface area contributed by atoms with Crippen molar-refractivity contribution >= 4 is 33.6 Å². The number of hydrogen-bond acceptors (Lipinski definition) is 7. The van der Waals surface area contributed by atoms with Gasteiger partial charge in [0.05, 0.1) is 14.2 Å². The lowest BCUT2D eigenvalue weighted by atomic mass is 10.1. The predicted octanol–water partition coefficient (Wildman–Crippen LogP) is 1.86. The second-order valence-electron chi connectivity index (χ2n) is 4.46. The van der Waals surface area contributed by atoms with Crippen LogP contribution in [0.15, 0.2) is 40.4 Å². The number of hydrogen-bond donors (Lipinski definition) is 1. The molecule has 0 aliphatic carbocycles. The third kappa shape index (κ3) is 4.88. The molecule has 0 amide bonds. The lowest BCUT2D eigenvalue weighted by Crippen LogP contribution is -2.28. The molecule has 1 N–H and O–H groups in total. The Morgan fingerprint density at radius 3 is 2.12 bits per heavy atom. The largest absolute Gasteiger partial charge is 0.621 e. The Bertz CT molecular complexity index is 649. The van der Waals surface area contributed by atoms with Crippen LogP contribution in [0, 0.1) is 5.21 Å². The molecule has 0 aliphatic heterocycles. The van der Waals surface area contributed by atoms with Crippen molar-refractivity contribution in [2.45, 2.75) is 13.2 Å². The number of hydroxylamine groups is 1. The normalized spacial score (nSPS) is 12.7. The third-order valence-electron chi connectivity index (χ3n) is 2.95. The van der Waals surface area contributed by atoms with Crippen molar-refractivity contribution in [2.75, 3.05) is 14.2 Å². The molecule has 0 aromatic heterocycles. The van der Waals surface area contributed by atoms with Crippen LogP contribution in [0.4, 0.5) is 0 Å². The van der Waals surface area contributed by atoms with E-state index in [2.05, 4.69) is 30.3 Å². The number of esters is 2. The SMILES string of the molecule is COC(=O)C(=C/C(c1ccc(Br)cc1)=[N+](\[O-])C(C)OO)C(=O)OC. The van der Waals surface area contributed by atoms with Crippen LogP contribution in [0.25, 0.3) is 0 Å². The number of nitrogens with zero attached hydrogens (tertiary/aromatic N) is 1. The Morgan fingerprint density at radius 2 is 1.71 bits per heavy atom. The van der Waals surface area contributed by atoms with Gasteiger partial charge in [0.1, 0.15) is 0 Å². The number of allylic oxidation sites excluding steroid dienone is 1. The van der Waals surface area contributed by atoms with E-state index in [1.807, 2.05) is 0 Å². The van der Waals surface area contributed by atoms with Gasteiger partial charge in [-0.1, -0.05) is 15.9 Å². The molecule has 1 rings (SSSR count). The number of rotatable bonds is 6. The van der Waals surface area contributed by atoms with Gasteiger partial charge < -0.3 is 14.7 Å². The Kier molecular flexibility index (Phi) is 7.56. The van der Waals surface area contributed by atoms with Crippen molar-refractivity contribution in [3.05, 3.63) is 51.2 Å². The zero-order valence-electron chi connectivity index (χ0n) is 13.2. The third-order valence-corrected chi connectivity index (χ3v) is 3.48. The topological polar surface area (TPSA) is 108 Å². The summed E-state index contributed by atoms with van der Waals surface area (Å²) in [6.07, 6.45) is -0.264. The van der Waals surface area contributed by atoms with Crippen LogP contribution in [-0.2, 0) is 24.0 Å². The fraction of sp³-hybridized carbons (Fsp3) is 0.267. The summed E-state index contributed by atoms with van der Waals surface area (Å²) < 4.78 is 10.1. The smallest absolute Gasteiger partial charge is 0.345 e. The van der Waals surface area contributed by atoms with E-state index < -0.39 is 23.7 Å². The van der Waals surface area contributed by atoms with E-state index in [9.17, 15) is 14.8 Å². The van der Waals surface area contributed by atoms with Gasteiger partial charge in [-0.3, -0.25) is 0 Å². The number of methoxy groups -OCH3 is 2. The van der Waals surface area contributed by atoms with Gasteiger partial charge in [-0.15, -0.1) is 0 Å². The van der Waals surface area contributed by atoms with Crippen molar-refractivity contribution in [3.8, 4) is 0 Å². The number of benzene rings is 1. The molecule has 0 spiro atoms. The highest BCUT2D eigenvalue weighted by atomic mass is 79.9. The average Bonchev–Trinajstić information content (AvgIpc) is 2.61. The first-order valence-electron chi connectivity index (χ1n) is 6.63. The van der Waals surface area contributed by atoms with E-state index in [4.69, 9.17) is 5.26 Å². The summed E-state index contributed by atoms with van der Waals surface area (Å²) in [5.41, 5.74) is -0.207. The summed E-state index contributed by atoms with van der Waals surface area (Å²) in [5, 5.41) is 21.1. The summed E-state index contributed by atoms with van der Waals surface area (Å²) in [6.45, 7) is 1.29. The fourth-order valence-corrected chi connectivity index (χ4v) is 1.96. The van der Waals surface area contributed by atoms with E-state index in [1.165, 1.54) is 6.92 Å². The predicted molar refractivity (Wildman–Crippen MR) is 87.2 cm³/mol. The average molecular weight is 402 g/mol. The molecule has 130 valence electrons.